The minimum Gasteiger partial charge on any atom is -0.481 e. The summed E-state index contributed by atoms with van der Waals surface area (Å²) in [6.45, 7) is 0.775. The van der Waals surface area contributed by atoms with Crippen LogP contribution in [0.4, 0.5) is 5.69 Å². The van der Waals surface area contributed by atoms with E-state index in [2.05, 4.69) is 21.2 Å². The zero-order valence-corrected chi connectivity index (χ0v) is 11.2. The van der Waals surface area contributed by atoms with Crippen LogP contribution in [0, 0.1) is 0 Å². The molecule has 1 aromatic carbocycles. The average Bonchev–Trinajstić information content (AvgIpc) is 2.28. The number of benzene rings is 1. The first-order valence-corrected chi connectivity index (χ1v) is 6.35. The van der Waals surface area contributed by atoms with Gasteiger partial charge in [-0.2, -0.15) is 0 Å². The zero-order valence-electron chi connectivity index (χ0n) is 9.60. The Morgan fingerprint density at radius 2 is 2.11 bits per heavy atom. The van der Waals surface area contributed by atoms with E-state index in [9.17, 15) is 9.59 Å². The fourth-order valence-electron chi connectivity index (χ4n) is 2.00. The van der Waals surface area contributed by atoms with Gasteiger partial charge in [-0.15, -0.1) is 0 Å². The lowest BCUT2D eigenvalue weighted by atomic mass is 10.1. The summed E-state index contributed by atoms with van der Waals surface area (Å²) in [5, 5.41) is 11.5. The first-order chi connectivity index (χ1) is 8.54. The van der Waals surface area contributed by atoms with Gasteiger partial charge in [0, 0.05) is 16.7 Å². The van der Waals surface area contributed by atoms with Crippen LogP contribution in [-0.4, -0.2) is 36.1 Å². The van der Waals surface area contributed by atoms with E-state index in [1.807, 2.05) is 29.2 Å². The van der Waals surface area contributed by atoms with E-state index in [-0.39, 0.29) is 24.9 Å². The van der Waals surface area contributed by atoms with Gasteiger partial charge in [-0.1, -0.05) is 15.9 Å². The van der Waals surface area contributed by atoms with Gasteiger partial charge in [0.25, 0.3) is 0 Å². The molecule has 0 aromatic heterocycles. The molecule has 1 aliphatic rings. The number of carbonyl (C=O) groups is 2. The predicted molar refractivity (Wildman–Crippen MR) is 70.5 cm³/mol. The largest absolute Gasteiger partial charge is 0.481 e. The molecule has 0 saturated carbocycles. The molecule has 0 spiro atoms. The molecule has 1 unspecified atom stereocenters. The second kappa shape index (κ2) is 5.39. The van der Waals surface area contributed by atoms with Crippen molar-refractivity contribution in [1.82, 2.24) is 5.32 Å². The summed E-state index contributed by atoms with van der Waals surface area (Å²) in [7, 11) is 0. The SMILES string of the molecule is O=C(O)CC1CN(c2ccc(Br)cc2)CC(=O)N1. The number of nitrogens with zero attached hydrogens (tertiary/aromatic N) is 1. The number of carbonyl (C=O) groups excluding carboxylic acids is 1. The Morgan fingerprint density at radius 1 is 1.44 bits per heavy atom. The van der Waals surface area contributed by atoms with Crippen molar-refractivity contribution in [3.05, 3.63) is 28.7 Å². The molecule has 1 aliphatic heterocycles. The Kier molecular flexibility index (Phi) is 3.86. The lowest BCUT2D eigenvalue weighted by molar-refractivity contribution is -0.137. The normalized spacial score (nSPS) is 19.5. The second-order valence-corrected chi connectivity index (χ2v) is 5.13. The Bertz CT molecular complexity index is 459. The third-order valence-electron chi connectivity index (χ3n) is 2.75. The van der Waals surface area contributed by atoms with Crippen molar-refractivity contribution in [2.75, 3.05) is 18.0 Å². The number of anilines is 1. The van der Waals surface area contributed by atoms with Crippen LogP contribution < -0.4 is 10.2 Å². The number of nitrogens with one attached hydrogen (secondary N) is 1. The lowest BCUT2D eigenvalue weighted by Gasteiger charge is -2.34. The molecule has 96 valence electrons. The third-order valence-corrected chi connectivity index (χ3v) is 3.28. The number of piperazine rings is 1. The number of rotatable bonds is 3. The van der Waals surface area contributed by atoms with Gasteiger partial charge in [-0.3, -0.25) is 9.59 Å². The summed E-state index contributed by atoms with van der Waals surface area (Å²) in [6, 6.07) is 7.26. The van der Waals surface area contributed by atoms with Crippen LogP contribution >= 0.6 is 15.9 Å². The van der Waals surface area contributed by atoms with Gasteiger partial charge in [0.05, 0.1) is 19.0 Å². The van der Waals surface area contributed by atoms with Crippen LogP contribution in [0.25, 0.3) is 0 Å². The molecule has 1 saturated heterocycles. The quantitative estimate of drug-likeness (QED) is 0.880. The van der Waals surface area contributed by atoms with Crippen molar-refractivity contribution in [3.63, 3.8) is 0 Å². The minimum absolute atomic E-state index is 0.0568. The van der Waals surface area contributed by atoms with E-state index in [0.717, 1.165) is 10.2 Å². The maximum Gasteiger partial charge on any atom is 0.305 e. The van der Waals surface area contributed by atoms with Gasteiger partial charge in [0.2, 0.25) is 5.91 Å². The fourth-order valence-corrected chi connectivity index (χ4v) is 2.26. The molecule has 1 amide bonds. The van der Waals surface area contributed by atoms with E-state index in [4.69, 9.17) is 5.11 Å². The molecule has 2 N–H and O–H groups in total. The van der Waals surface area contributed by atoms with E-state index in [1.165, 1.54) is 0 Å². The zero-order chi connectivity index (χ0) is 13.1. The topological polar surface area (TPSA) is 69.6 Å². The first-order valence-electron chi connectivity index (χ1n) is 5.56. The maximum atomic E-state index is 11.6. The molecule has 18 heavy (non-hydrogen) atoms. The molecule has 1 fully saturated rings. The summed E-state index contributed by atoms with van der Waals surface area (Å²) in [5.74, 6) is -1.05. The summed E-state index contributed by atoms with van der Waals surface area (Å²) in [4.78, 5) is 24.1. The Balaban J connectivity index is 2.10. The van der Waals surface area contributed by atoms with E-state index < -0.39 is 5.97 Å². The predicted octanol–water partition coefficient (Wildman–Crippen LogP) is 1.23. The summed E-state index contributed by atoms with van der Waals surface area (Å²) in [6.07, 6.45) is -0.0568. The van der Waals surface area contributed by atoms with Crippen molar-refractivity contribution in [3.8, 4) is 0 Å². The summed E-state index contributed by atoms with van der Waals surface area (Å²) < 4.78 is 0.967. The van der Waals surface area contributed by atoms with Gasteiger partial charge in [0.15, 0.2) is 0 Å². The third kappa shape index (κ3) is 3.22. The van der Waals surface area contributed by atoms with Gasteiger partial charge >= 0.3 is 5.97 Å². The van der Waals surface area contributed by atoms with Gasteiger partial charge in [-0.05, 0) is 24.3 Å². The van der Waals surface area contributed by atoms with Crippen molar-refractivity contribution < 1.29 is 14.7 Å². The van der Waals surface area contributed by atoms with Crippen LogP contribution in [0.1, 0.15) is 6.42 Å². The number of aliphatic carboxylic acids is 1. The number of hydrogen-bond donors (Lipinski definition) is 2. The van der Waals surface area contributed by atoms with E-state index in [0.29, 0.717) is 6.54 Å². The lowest BCUT2D eigenvalue weighted by Crippen LogP contribution is -2.54. The standard InChI is InChI=1S/C12H13BrN2O3/c13-8-1-3-10(4-2-8)15-6-9(5-12(17)18)14-11(16)7-15/h1-4,9H,5-7H2,(H,14,16)(H,17,18). The molecular weight excluding hydrogens is 300 g/mol. The van der Waals surface area contributed by atoms with Crippen molar-refractivity contribution in [2.24, 2.45) is 0 Å². The smallest absolute Gasteiger partial charge is 0.305 e. The molecule has 2 rings (SSSR count). The van der Waals surface area contributed by atoms with Crippen LogP contribution in [0.3, 0.4) is 0 Å². The highest BCUT2D eigenvalue weighted by Crippen LogP contribution is 2.20. The highest BCUT2D eigenvalue weighted by molar-refractivity contribution is 9.10. The highest BCUT2D eigenvalue weighted by atomic mass is 79.9. The number of halogens is 1. The summed E-state index contributed by atoms with van der Waals surface area (Å²) in [5.41, 5.74) is 0.920. The molecule has 0 radical (unpaired) electrons. The second-order valence-electron chi connectivity index (χ2n) is 4.22. The summed E-state index contributed by atoms with van der Waals surface area (Å²) >= 11 is 3.35. The maximum absolute atomic E-state index is 11.6. The molecule has 1 heterocycles. The van der Waals surface area contributed by atoms with Gasteiger partial charge in [-0.25, -0.2) is 0 Å². The molecule has 5 nitrogen and oxygen atoms in total. The number of hydrogen-bond acceptors (Lipinski definition) is 3. The minimum atomic E-state index is -0.905. The van der Waals surface area contributed by atoms with Crippen LogP contribution in [-0.2, 0) is 9.59 Å². The Hall–Kier alpha value is -1.56. The molecule has 1 atom stereocenters. The van der Waals surface area contributed by atoms with Crippen molar-refractivity contribution in [1.29, 1.82) is 0 Å². The van der Waals surface area contributed by atoms with E-state index in [1.54, 1.807) is 0 Å². The molecular formula is C12H13BrN2O3. The van der Waals surface area contributed by atoms with Crippen LogP contribution in [0.2, 0.25) is 0 Å². The number of amides is 1. The number of carboxylic acids is 1. The van der Waals surface area contributed by atoms with Gasteiger partial charge in [0.1, 0.15) is 0 Å². The van der Waals surface area contributed by atoms with Gasteiger partial charge < -0.3 is 15.3 Å². The molecule has 1 aromatic rings. The monoisotopic (exact) mass is 312 g/mol. The average molecular weight is 313 g/mol. The van der Waals surface area contributed by atoms with Crippen molar-refractivity contribution in [2.45, 2.75) is 12.5 Å². The number of carboxylic acid groups (broad SMARTS) is 1. The van der Waals surface area contributed by atoms with E-state index >= 15 is 0 Å². The molecule has 6 heteroatoms. The first kappa shape index (κ1) is 12.9. The Morgan fingerprint density at radius 3 is 2.72 bits per heavy atom. The Labute approximate surface area is 113 Å². The van der Waals surface area contributed by atoms with Crippen molar-refractivity contribution >= 4 is 33.5 Å². The molecule has 0 aliphatic carbocycles. The van der Waals surface area contributed by atoms with Crippen LogP contribution in [0.5, 0.6) is 0 Å². The molecule has 0 bridgehead atoms. The van der Waals surface area contributed by atoms with Crippen LogP contribution in [0.15, 0.2) is 28.7 Å². The highest BCUT2D eigenvalue weighted by Gasteiger charge is 2.26. The fraction of sp³-hybridized carbons (Fsp3) is 0.333.